The highest BCUT2D eigenvalue weighted by atomic mass is 79.9. The fourth-order valence-electron chi connectivity index (χ4n) is 1.33. The van der Waals surface area contributed by atoms with Crippen LogP contribution in [0.1, 0.15) is 22.7 Å². The van der Waals surface area contributed by atoms with E-state index in [0.717, 1.165) is 6.42 Å². The largest absolute Gasteiger partial charge is 0.353 e. The summed E-state index contributed by atoms with van der Waals surface area (Å²) in [5, 5.41) is 2.94. The van der Waals surface area contributed by atoms with E-state index in [9.17, 15) is 0 Å². The molecule has 0 saturated carbocycles. The van der Waals surface area contributed by atoms with Crippen molar-refractivity contribution in [1.29, 1.82) is 0 Å². The number of hydrogen-bond donors (Lipinski definition) is 1. The van der Waals surface area contributed by atoms with Crippen molar-refractivity contribution in [3.63, 3.8) is 0 Å². The molecule has 5 heteroatoms. The Kier molecular flexibility index (Phi) is 4.83. The Morgan fingerprint density at radius 1 is 1.60 bits per heavy atom. The van der Waals surface area contributed by atoms with Crippen molar-refractivity contribution >= 4 is 46.0 Å². The standard InChI is InChI=1S/C10H11BrN2S.ClH/c1-2-7-5-8(11)10(14-7)9-3-4-12-6-13-9;/h3-6,9H,2H2,1H3,(H,12,13);1H. The Morgan fingerprint density at radius 3 is 2.93 bits per heavy atom. The van der Waals surface area contributed by atoms with E-state index in [-0.39, 0.29) is 18.4 Å². The molecule has 2 rings (SSSR count). The lowest BCUT2D eigenvalue weighted by molar-refractivity contribution is 0.900. The van der Waals surface area contributed by atoms with Crippen LogP contribution < -0.4 is 5.32 Å². The third kappa shape index (κ3) is 2.83. The lowest BCUT2D eigenvalue weighted by atomic mass is 10.2. The number of rotatable bonds is 2. The first-order chi connectivity index (χ1) is 6.81. The molecule has 1 aliphatic heterocycles. The molecule has 2 heterocycles. The molecule has 82 valence electrons. The van der Waals surface area contributed by atoms with Gasteiger partial charge in [0.05, 0.1) is 6.34 Å². The number of thiophene rings is 1. The van der Waals surface area contributed by atoms with Crippen LogP contribution >= 0.6 is 39.7 Å². The smallest absolute Gasteiger partial charge is 0.107 e. The SMILES string of the molecule is CCc1cc(Br)c(C2C=CNC=N2)s1.Cl. The molecule has 0 aromatic carbocycles. The van der Waals surface area contributed by atoms with Gasteiger partial charge < -0.3 is 5.32 Å². The first kappa shape index (κ1) is 12.7. The predicted octanol–water partition coefficient (Wildman–Crippen LogP) is 3.68. The summed E-state index contributed by atoms with van der Waals surface area (Å²) in [5.41, 5.74) is 0. The van der Waals surface area contributed by atoms with Crippen LogP contribution in [0.2, 0.25) is 0 Å². The van der Waals surface area contributed by atoms with Crippen molar-refractivity contribution in [2.75, 3.05) is 0 Å². The normalized spacial score (nSPS) is 18.4. The summed E-state index contributed by atoms with van der Waals surface area (Å²) in [5.74, 6) is 0. The quantitative estimate of drug-likeness (QED) is 0.885. The van der Waals surface area contributed by atoms with Crippen LogP contribution in [0.25, 0.3) is 0 Å². The summed E-state index contributed by atoms with van der Waals surface area (Å²) >= 11 is 5.40. The van der Waals surface area contributed by atoms with Crippen molar-refractivity contribution in [1.82, 2.24) is 5.32 Å². The van der Waals surface area contributed by atoms with E-state index in [1.807, 2.05) is 17.5 Å². The maximum atomic E-state index is 4.37. The number of aryl methyl sites for hydroxylation is 1. The molecule has 0 spiro atoms. The highest BCUT2D eigenvalue weighted by Gasteiger charge is 2.14. The lowest BCUT2D eigenvalue weighted by Crippen LogP contribution is -2.07. The zero-order chi connectivity index (χ0) is 9.97. The van der Waals surface area contributed by atoms with E-state index in [1.165, 1.54) is 14.2 Å². The molecule has 1 aromatic heterocycles. The van der Waals surface area contributed by atoms with E-state index in [4.69, 9.17) is 0 Å². The van der Waals surface area contributed by atoms with Crippen molar-refractivity contribution in [3.05, 3.63) is 32.6 Å². The molecule has 0 saturated heterocycles. The zero-order valence-corrected chi connectivity index (χ0v) is 11.5. The van der Waals surface area contributed by atoms with Crippen LogP contribution in [0.15, 0.2) is 27.8 Å². The minimum absolute atomic E-state index is 0. The second-order valence-electron chi connectivity index (χ2n) is 3.03. The van der Waals surface area contributed by atoms with Gasteiger partial charge in [0.25, 0.3) is 0 Å². The van der Waals surface area contributed by atoms with Gasteiger partial charge >= 0.3 is 0 Å². The maximum Gasteiger partial charge on any atom is 0.107 e. The summed E-state index contributed by atoms with van der Waals surface area (Å²) in [6.07, 6.45) is 6.82. The van der Waals surface area contributed by atoms with Crippen LogP contribution in [-0.4, -0.2) is 6.34 Å². The van der Waals surface area contributed by atoms with Gasteiger partial charge in [0.2, 0.25) is 0 Å². The molecule has 1 unspecified atom stereocenters. The summed E-state index contributed by atoms with van der Waals surface area (Å²) in [4.78, 5) is 7.05. The van der Waals surface area contributed by atoms with E-state index >= 15 is 0 Å². The highest BCUT2D eigenvalue weighted by Crippen LogP contribution is 2.35. The first-order valence-electron chi connectivity index (χ1n) is 4.53. The van der Waals surface area contributed by atoms with E-state index in [0.29, 0.717) is 0 Å². The molecule has 1 atom stereocenters. The average molecular weight is 308 g/mol. The van der Waals surface area contributed by atoms with Crippen molar-refractivity contribution < 1.29 is 0 Å². The summed E-state index contributed by atoms with van der Waals surface area (Å²) in [7, 11) is 0. The number of hydrogen-bond acceptors (Lipinski definition) is 3. The molecule has 0 aliphatic carbocycles. The Labute approximate surface area is 108 Å². The molecule has 0 bridgehead atoms. The van der Waals surface area contributed by atoms with Crippen LogP contribution in [-0.2, 0) is 6.42 Å². The monoisotopic (exact) mass is 306 g/mol. The second kappa shape index (κ2) is 5.68. The molecular weight excluding hydrogens is 296 g/mol. The third-order valence-corrected chi connectivity index (χ3v) is 4.33. The lowest BCUT2D eigenvalue weighted by Gasteiger charge is -2.09. The van der Waals surface area contributed by atoms with Gasteiger partial charge in [0.1, 0.15) is 6.04 Å². The zero-order valence-electron chi connectivity index (χ0n) is 8.24. The van der Waals surface area contributed by atoms with Gasteiger partial charge in [-0.1, -0.05) is 6.92 Å². The van der Waals surface area contributed by atoms with Crippen molar-refractivity contribution in [2.24, 2.45) is 4.99 Å². The second-order valence-corrected chi connectivity index (χ2v) is 5.05. The Bertz CT molecular complexity index is 375. The molecule has 1 aliphatic rings. The molecule has 1 aromatic rings. The topological polar surface area (TPSA) is 24.4 Å². The van der Waals surface area contributed by atoms with Gasteiger partial charge in [0.15, 0.2) is 0 Å². The molecule has 0 fully saturated rings. The number of nitrogens with one attached hydrogen (secondary N) is 1. The minimum atomic E-state index is 0. The molecule has 0 radical (unpaired) electrons. The van der Waals surface area contributed by atoms with Crippen molar-refractivity contribution in [2.45, 2.75) is 19.4 Å². The van der Waals surface area contributed by atoms with Crippen LogP contribution in [0.4, 0.5) is 0 Å². The van der Waals surface area contributed by atoms with Crippen LogP contribution in [0.3, 0.4) is 0 Å². The molecule has 1 N–H and O–H groups in total. The fourth-order valence-corrected chi connectivity index (χ4v) is 3.25. The Hall–Kier alpha value is -0.320. The van der Waals surface area contributed by atoms with E-state index in [1.54, 1.807) is 6.34 Å². The van der Waals surface area contributed by atoms with Gasteiger partial charge in [-0.25, -0.2) is 0 Å². The molecular formula is C10H12BrClN2S. The van der Waals surface area contributed by atoms with Gasteiger partial charge in [-0.15, -0.1) is 23.7 Å². The minimum Gasteiger partial charge on any atom is -0.353 e. The van der Waals surface area contributed by atoms with Gasteiger partial charge in [-0.3, -0.25) is 4.99 Å². The Morgan fingerprint density at radius 2 is 2.40 bits per heavy atom. The highest BCUT2D eigenvalue weighted by molar-refractivity contribution is 9.10. The number of nitrogens with zero attached hydrogens (tertiary/aromatic N) is 1. The number of aliphatic imine (C=N–C) groups is 1. The van der Waals surface area contributed by atoms with Gasteiger partial charge in [-0.2, -0.15) is 0 Å². The van der Waals surface area contributed by atoms with Crippen molar-refractivity contribution in [3.8, 4) is 0 Å². The number of halogens is 2. The molecule has 0 amide bonds. The summed E-state index contributed by atoms with van der Waals surface area (Å²) in [6, 6.07) is 2.36. The fraction of sp³-hybridized carbons (Fsp3) is 0.300. The first-order valence-corrected chi connectivity index (χ1v) is 6.14. The third-order valence-electron chi connectivity index (χ3n) is 2.07. The van der Waals surface area contributed by atoms with E-state index in [2.05, 4.69) is 45.3 Å². The predicted molar refractivity (Wildman–Crippen MR) is 72.2 cm³/mol. The molecule has 15 heavy (non-hydrogen) atoms. The summed E-state index contributed by atoms with van der Waals surface area (Å²) in [6.45, 7) is 2.17. The van der Waals surface area contributed by atoms with E-state index < -0.39 is 0 Å². The average Bonchev–Trinajstić information content (AvgIpc) is 2.61. The van der Waals surface area contributed by atoms with Gasteiger partial charge in [0, 0.05) is 20.4 Å². The Balaban J connectivity index is 0.00000112. The summed E-state index contributed by atoms with van der Waals surface area (Å²) < 4.78 is 1.17. The van der Waals surface area contributed by atoms with Gasteiger partial charge in [-0.05, 0) is 34.5 Å². The van der Waals surface area contributed by atoms with Crippen LogP contribution in [0, 0.1) is 0 Å². The van der Waals surface area contributed by atoms with Crippen LogP contribution in [0.5, 0.6) is 0 Å². The maximum absolute atomic E-state index is 4.37. The molecule has 2 nitrogen and oxygen atoms in total.